The molecule has 5 nitrogen and oxygen atoms in total. The summed E-state index contributed by atoms with van der Waals surface area (Å²) in [4.78, 5) is 26.9. The van der Waals surface area contributed by atoms with Crippen molar-refractivity contribution in [2.45, 2.75) is 51.6 Å². The summed E-state index contributed by atoms with van der Waals surface area (Å²) < 4.78 is 0. The van der Waals surface area contributed by atoms with Crippen LogP contribution in [-0.2, 0) is 9.59 Å². The van der Waals surface area contributed by atoms with E-state index in [1.807, 2.05) is 12.1 Å². The van der Waals surface area contributed by atoms with Crippen molar-refractivity contribution >= 4 is 23.5 Å². The Kier molecular flexibility index (Phi) is 7.26. The van der Waals surface area contributed by atoms with Crippen molar-refractivity contribution in [3.8, 4) is 0 Å². The van der Waals surface area contributed by atoms with Gasteiger partial charge in [-0.3, -0.25) is 14.5 Å². The van der Waals surface area contributed by atoms with Gasteiger partial charge in [0.15, 0.2) is 0 Å². The molecule has 1 heterocycles. The summed E-state index contributed by atoms with van der Waals surface area (Å²) in [5, 5.41) is 9.80. The summed E-state index contributed by atoms with van der Waals surface area (Å²) in [6.45, 7) is 5.22. The van der Waals surface area contributed by atoms with E-state index in [0.29, 0.717) is 6.04 Å². The molecular weight excluding hydrogens is 340 g/mol. The Morgan fingerprint density at radius 2 is 1.96 bits per heavy atom. The van der Waals surface area contributed by atoms with E-state index in [9.17, 15) is 9.59 Å². The molecule has 1 amide bonds. The number of benzene rings is 1. The second-order valence-corrected chi connectivity index (χ2v) is 7.07. The van der Waals surface area contributed by atoms with Gasteiger partial charge in [0.05, 0.1) is 0 Å². The molecule has 138 valence electrons. The van der Waals surface area contributed by atoms with Crippen LogP contribution < -0.4 is 0 Å². The summed E-state index contributed by atoms with van der Waals surface area (Å²) in [6.07, 6.45) is 3.60. The van der Waals surface area contributed by atoms with E-state index >= 15 is 0 Å². The minimum atomic E-state index is -0.955. The fourth-order valence-corrected chi connectivity index (χ4v) is 3.88. The first-order chi connectivity index (χ1) is 11.9. The van der Waals surface area contributed by atoms with E-state index in [2.05, 4.69) is 24.0 Å². The molecule has 1 N–H and O–H groups in total. The van der Waals surface area contributed by atoms with Gasteiger partial charge in [0.1, 0.15) is 6.54 Å². The number of likely N-dealkylation sites (tertiary alicyclic amines) is 1. The third-order valence-corrected chi connectivity index (χ3v) is 5.22. The molecule has 1 aromatic carbocycles. The van der Waals surface area contributed by atoms with E-state index in [0.717, 1.165) is 43.8 Å². The molecule has 1 fully saturated rings. The molecule has 6 heteroatoms. The zero-order valence-electron chi connectivity index (χ0n) is 14.9. The summed E-state index contributed by atoms with van der Waals surface area (Å²) in [7, 11) is 0. The predicted octanol–water partition coefficient (Wildman–Crippen LogP) is 3.58. The number of rotatable bonds is 6. The predicted molar refractivity (Wildman–Crippen MR) is 98.7 cm³/mol. The van der Waals surface area contributed by atoms with Gasteiger partial charge in [-0.15, -0.1) is 0 Å². The molecule has 0 saturated carbocycles. The highest BCUT2D eigenvalue weighted by molar-refractivity contribution is 6.30. The van der Waals surface area contributed by atoms with Crippen molar-refractivity contribution in [1.29, 1.82) is 0 Å². The summed E-state index contributed by atoms with van der Waals surface area (Å²) in [6, 6.07) is 8.31. The lowest BCUT2D eigenvalue weighted by Crippen LogP contribution is -2.42. The van der Waals surface area contributed by atoms with Gasteiger partial charge in [0.2, 0.25) is 5.91 Å². The number of nitrogens with zero attached hydrogens (tertiary/aromatic N) is 2. The van der Waals surface area contributed by atoms with Crippen LogP contribution in [0.15, 0.2) is 24.3 Å². The smallest absolute Gasteiger partial charge is 0.323 e. The third kappa shape index (κ3) is 5.44. The SMILES string of the molecule is CCC(c1ccc(Cl)cc1)N1CCCC(N(CC(=O)O)C(C)=O)CC1. The number of carboxylic acids is 1. The fraction of sp³-hybridized carbons (Fsp3) is 0.579. The zero-order chi connectivity index (χ0) is 18.4. The maximum Gasteiger partial charge on any atom is 0.323 e. The molecule has 1 aromatic rings. The van der Waals surface area contributed by atoms with Gasteiger partial charge >= 0.3 is 5.97 Å². The number of hydrogen-bond acceptors (Lipinski definition) is 3. The third-order valence-electron chi connectivity index (χ3n) is 4.97. The summed E-state index contributed by atoms with van der Waals surface area (Å²) in [5.74, 6) is -1.12. The van der Waals surface area contributed by atoms with Crippen LogP contribution in [-0.4, -0.2) is 52.5 Å². The lowest BCUT2D eigenvalue weighted by atomic mass is 10.0. The zero-order valence-corrected chi connectivity index (χ0v) is 15.7. The molecule has 1 saturated heterocycles. The summed E-state index contributed by atoms with van der Waals surface area (Å²) >= 11 is 6.00. The molecule has 1 aliphatic rings. The van der Waals surface area contributed by atoms with Gasteiger partial charge in [-0.05, 0) is 49.9 Å². The molecule has 0 radical (unpaired) electrons. The Morgan fingerprint density at radius 3 is 2.52 bits per heavy atom. The molecule has 0 aromatic heterocycles. The average molecular weight is 367 g/mol. The van der Waals surface area contributed by atoms with E-state index in [1.54, 1.807) is 0 Å². The maximum absolute atomic E-state index is 11.9. The normalized spacial score (nSPS) is 19.9. The number of amides is 1. The number of carbonyl (C=O) groups excluding carboxylic acids is 1. The van der Waals surface area contributed by atoms with Crippen molar-refractivity contribution < 1.29 is 14.7 Å². The van der Waals surface area contributed by atoms with Gasteiger partial charge in [0.25, 0.3) is 0 Å². The van der Waals surface area contributed by atoms with Crippen molar-refractivity contribution in [2.75, 3.05) is 19.6 Å². The van der Waals surface area contributed by atoms with Gasteiger partial charge in [0, 0.05) is 30.6 Å². The molecule has 0 spiro atoms. The molecule has 2 unspecified atom stereocenters. The average Bonchev–Trinajstić information content (AvgIpc) is 2.81. The molecular formula is C19H27ClN2O3. The molecule has 2 rings (SSSR count). The Bertz CT molecular complexity index is 591. The molecule has 0 bridgehead atoms. The van der Waals surface area contributed by atoms with Crippen molar-refractivity contribution in [2.24, 2.45) is 0 Å². The second-order valence-electron chi connectivity index (χ2n) is 6.64. The Labute approximate surface area is 154 Å². The highest BCUT2D eigenvalue weighted by Crippen LogP contribution is 2.29. The van der Waals surface area contributed by atoms with Gasteiger partial charge < -0.3 is 10.0 Å². The van der Waals surface area contributed by atoms with Crippen LogP contribution in [0, 0.1) is 0 Å². The fourth-order valence-electron chi connectivity index (χ4n) is 3.76. The van der Waals surface area contributed by atoms with Crippen molar-refractivity contribution in [3.05, 3.63) is 34.9 Å². The molecule has 0 aliphatic carbocycles. The van der Waals surface area contributed by atoms with Crippen LogP contribution in [0.1, 0.15) is 51.1 Å². The first-order valence-electron chi connectivity index (χ1n) is 8.90. The van der Waals surface area contributed by atoms with Crippen LogP contribution >= 0.6 is 11.6 Å². The largest absolute Gasteiger partial charge is 0.480 e. The number of aliphatic carboxylic acids is 1. The first-order valence-corrected chi connectivity index (χ1v) is 9.28. The van der Waals surface area contributed by atoms with Crippen LogP contribution in [0.5, 0.6) is 0 Å². The minimum absolute atomic E-state index is 0.00123. The van der Waals surface area contributed by atoms with E-state index in [-0.39, 0.29) is 18.5 Å². The molecule has 25 heavy (non-hydrogen) atoms. The Balaban J connectivity index is 2.07. The molecule has 1 aliphatic heterocycles. The maximum atomic E-state index is 11.9. The highest BCUT2D eigenvalue weighted by atomic mass is 35.5. The number of carbonyl (C=O) groups is 2. The van der Waals surface area contributed by atoms with E-state index in [4.69, 9.17) is 16.7 Å². The lowest BCUT2D eigenvalue weighted by Gasteiger charge is -2.31. The van der Waals surface area contributed by atoms with Gasteiger partial charge in [-0.2, -0.15) is 0 Å². The van der Waals surface area contributed by atoms with Crippen LogP contribution in [0.3, 0.4) is 0 Å². The number of hydrogen-bond donors (Lipinski definition) is 1. The van der Waals surface area contributed by atoms with E-state index in [1.165, 1.54) is 17.4 Å². The van der Waals surface area contributed by atoms with Crippen LogP contribution in [0.2, 0.25) is 5.02 Å². The topological polar surface area (TPSA) is 60.9 Å². The van der Waals surface area contributed by atoms with Gasteiger partial charge in [-0.1, -0.05) is 30.7 Å². The Hall–Kier alpha value is -1.59. The van der Waals surface area contributed by atoms with Crippen LogP contribution in [0.25, 0.3) is 0 Å². The standard InChI is InChI=1S/C19H27ClN2O3/c1-3-18(15-6-8-16(20)9-7-15)21-11-4-5-17(10-12-21)22(14(2)23)13-19(24)25/h6-9,17-18H,3-5,10-13H2,1-2H3,(H,24,25). The van der Waals surface area contributed by atoms with Crippen molar-refractivity contribution in [1.82, 2.24) is 9.80 Å². The van der Waals surface area contributed by atoms with E-state index < -0.39 is 5.97 Å². The van der Waals surface area contributed by atoms with Crippen LogP contribution in [0.4, 0.5) is 0 Å². The molecule has 2 atom stereocenters. The van der Waals surface area contributed by atoms with Crippen molar-refractivity contribution in [3.63, 3.8) is 0 Å². The minimum Gasteiger partial charge on any atom is -0.480 e. The first kappa shape index (κ1) is 19.7. The monoisotopic (exact) mass is 366 g/mol. The van der Waals surface area contributed by atoms with Gasteiger partial charge in [-0.25, -0.2) is 0 Å². The lowest BCUT2D eigenvalue weighted by molar-refractivity contribution is -0.145. The summed E-state index contributed by atoms with van der Waals surface area (Å²) in [5.41, 5.74) is 1.25. The number of carboxylic acid groups (broad SMARTS) is 1. The quantitative estimate of drug-likeness (QED) is 0.835. The number of halogens is 1. The second kappa shape index (κ2) is 9.20. The Morgan fingerprint density at radius 1 is 1.28 bits per heavy atom. The highest BCUT2D eigenvalue weighted by Gasteiger charge is 2.28.